The van der Waals surface area contributed by atoms with Crippen LogP contribution in [0.2, 0.25) is 0 Å². The van der Waals surface area contributed by atoms with Crippen molar-refractivity contribution in [3.63, 3.8) is 0 Å². The van der Waals surface area contributed by atoms with E-state index in [1.807, 2.05) is 0 Å². The van der Waals surface area contributed by atoms with Crippen molar-refractivity contribution >= 4 is 10.0 Å². The molecule has 2 atom stereocenters. The van der Waals surface area contributed by atoms with E-state index < -0.39 is 15.8 Å². The first-order valence-electron chi connectivity index (χ1n) is 5.81. The molecule has 1 N–H and O–H groups in total. The minimum atomic E-state index is -3.48. The summed E-state index contributed by atoms with van der Waals surface area (Å²) in [6.45, 7) is 2.09. The molecule has 94 valence electrons. The van der Waals surface area contributed by atoms with E-state index in [-0.39, 0.29) is 10.9 Å². The zero-order valence-corrected chi connectivity index (χ0v) is 10.5. The van der Waals surface area contributed by atoms with Crippen LogP contribution in [0, 0.1) is 11.7 Å². The van der Waals surface area contributed by atoms with E-state index in [2.05, 4.69) is 11.6 Å². The van der Waals surface area contributed by atoms with E-state index in [9.17, 15) is 12.8 Å². The SMILES string of the molecule is CCCC1CC1NS(=O)(=O)c1ccc(F)cc1. The van der Waals surface area contributed by atoms with E-state index in [1.54, 1.807) is 0 Å². The molecule has 1 aliphatic rings. The maximum Gasteiger partial charge on any atom is 0.240 e. The molecule has 0 amide bonds. The second kappa shape index (κ2) is 4.74. The molecule has 0 aromatic heterocycles. The lowest BCUT2D eigenvalue weighted by atomic mass is 10.2. The van der Waals surface area contributed by atoms with Gasteiger partial charge in [0, 0.05) is 6.04 Å². The molecular formula is C12H16FNO2S. The van der Waals surface area contributed by atoms with Crippen molar-refractivity contribution in [3.8, 4) is 0 Å². The fraction of sp³-hybridized carbons (Fsp3) is 0.500. The Labute approximate surface area is 101 Å². The van der Waals surface area contributed by atoms with Crippen LogP contribution in [-0.4, -0.2) is 14.5 Å². The molecule has 1 aromatic rings. The van der Waals surface area contributed by atoms with Gasteiger partial charge in [-0.2, -0.15) is 0 Å². The summed E-state index contributed by atoms with van der Waals surface area (Å²) in [7, 11) is -3.48. The molecule has 2 unspecified atom stereocenters. The van der Waals surface area contributed by atoms with E-state index in [1.165, 1.54) is 12.1 Å². The Kier molecular flexibility index (Phi) is 3.49. The van der Waals surface area contributed by atoms with Gasteiger partial charge in [-0.05, 0) is 43.0 Å². The Morgan fingerprint density at radius 1 is 1.35 bits per heavy atom. The lowest BCUT2D eigenvalue weighted by Gasteiger charge is -2.06. The van der Waals surface area contributed by atoms with Gasteiger partial charge in [0.2, 0.25) is 10.0 Å². The van der Waals surface area contributed by atoms with Crippen LogP contribution in [0.15, 0.2) is 29.2 Å². The van der Waals surface area contributed by atoms with Crippen LogP contribution in [0.1, 0.15) is 26.2 Å². The smallest absolute Gasteiger partial charge is 0.208 e. The number of rotatable bonds is 5. The summed E-state index contributed by atoms with van der Waals surface area (Å²) in [5, 5.41) is 0. The van der Waals surface area contributed by atoms with Gasteiger partial charge in [-0.1, -0.05) is 13.3 Å². The molecule has 0 heterocycles. The zero-order valence-electron chi connectivity index (χ0n) is 9.69. The van der Waals surface area contributed by atoms with Gasteiger partial charge in [0.1, 0.15) is 5.82 Å². The Morgan fingerprint density at radius 3 is 2.59 bits per heavy atom. The van der Waals surface area contributed by atoms with E-state index >= 15 is 0 Å². The number of benzene rings is 1. The van der Waals surface area contributed by atoms with Crippen LogP contribution < -0.4 is 4.72 Å². The average Bonchev–Trinajstić information content (AvgIpc) is 2.96. The summed E-state index contributed by atoms with van der Waals surface area (Å²) in [6.07, 6.45) is 3.03. The third kappa shape index (κ3) is 3.04. The Morgan fingerprint density at radius 2 is 2.00 bits per heavy atom. The standard InChI is InChI=1S/C12H16FNO2S/c1-2-3-9-8-12(9)14-17(15,16)11-6-4-10(13)5-7-11/h4-7,9,12,14H,2-3,8H2,1H3. The fourth-order valence-corrected chi connectivity index (χ4v) is 3.28. The topological polar surface area (TPSA) is 46.2 Å². The molecule has 0 radical (unpaired) electrons. The third-order valence-electron chi connectivity index (χ3n) is 3.01. The highest BCUT2D eigenvalue weighted by atomic mass is 32.2. The van der Waals surface area contributed by atoms with E-state index in [0.717, 1.165) is 31.4 Å². The van der Waals surface area contributed by atoms with Gasteiger partial charge >= 0.3 is 0 Å². The van der Waals surface area contributed by atoms with Gasteiger partial charge in [0.05, 0.1) is 4.90 Å². The second-order valence-corrected chi connectivity index (χ2v) is 6.18. The number of sulfonamides is 1. The number of halogens is 1. The average molecular weight is 257 g/mol. The molecule has 3 nitrogen and oxygen atoms in total. The normalized spacial score (nSPS) is 23.6. The predicted octanol–water partition coefficient (Wildman–Crippen LogP) is 2.29. The Bertz CT molecular complexity index is 484. The van der Waals surface area contributed by atoms with Crippen LogP contribution >= 0.6 is 0 Å². The summed E-state index contributed by atoms with van der Waals surface area (Å²) in [6, 6.07) is 4.95. The highest BCUT2D eigenvalue weighted by Gasteiger charge is 2.39. The first kappa shape index (κ1) is 12.5. The molecular weight excluding hydrogens is 241 g/mol. The maximum absolute atomic E-state index is 12.7. The molecule has 5 heteroatoms. The predicted molar refractivity (Wildman–Crippen MR) is 63.5 cm³/mol. The molecule has 1 aliphatic carbocycles. The van der Waals surface area contributed by atoms with E-state index in [4.69, 9.17) is 0 Å². The van der Waals surface area contributed by atoms with Crippen molar-refractivity contribution in [3.05, 3.63) is 30.1 Å². The summed E-state index contributed by atoms with van der Waals surface area (Å²) in [4.78, 5) is 0.126. The summed E-state index contributed by atoms with van der Waals surface area (Å²) in [5.74, 6) is 0.0365. The van der Waals surface area contributed by atoms with Gasteiger partial charge in [0.15, 0.2) is 0 Å². The molecule has 0 spiro atoms. The molecule has 2 rings (SSSR count). The summed E-state index contributed by atoms with van der Waals surface area (Å²) < 4.78 is 39.2. The van der Waals surface area contributed by atoms with Gasteiger partial charge < -0.3 is 0 Å². The Hall–Kier alpha value is -0.940. The van der Waals surface area contributed by atoms with Crippen LogP contribution in [0.5, 0.6) is 0 Å². The van der Waals surface area contributed by atoms with Crippen molar-refractivity contribution in [2.75, 3.05) is 0 Å². The molecule has 1 fully saturated rings. The minimum absolute atomic E-state index is 0.0602. The van der Waals surface area contributed by atoms with Crippen LogP contribution in [0.25, 0.3) is 0 Å². The molecule has 0 bridgehead atoms. The van der Waals surface area contributed by atoms with Crippen LogP contribution in [0.3, 0.4) is 0 Å². The fourth-order valence-electron chi connectivity index (χ4n) is 1.96. The first-order valence-corrected chi connectivity index (χ1v) is 7.29. The van der Waals surface area contributed by atoms with Gasteiger partial charge in [-0.15, -0.1) is 0 Å². The van der Waals surface area contributed by atoms with Crippen molar-refractivity contribution in [2.45, 2.75) is 37.1 Å². The van der Waals surface area contributed by atoms with Gasteiger partial charge in [-0.25, -0.2) is 17.5 Å². The Balaban J connectivity index is 2.03. The zero-order chi connectivity index (χ0) is 12.5. The summed E-state index contributed by atoms with van der Waals surface area (Å²) >= 11 is 0. The third-order valence-corrected chi connectivity index (χ3v) is 4.52. The van der Waals surface area contributed by atoms with Crippen molar-refractivity contribution < 1.29 is 12.8 Å². The minimum Gasteiger partial charge on any atom is -0.208 e. The lowest BCUT2D eigenvalue weighted by Crippen LogP contribution is -2.27. The highest BCUT2D eigenvalue weighted by Crippen LogP contribution is 2.35. The van der Waals surface area contributed by atoms with Crippen LogP contribution in [0.4, 0.5) is 4.39 Å². The quantitative estimate of drug-likeness (QED) is 0.879. The van der Waals surface area contributed by atoms with E-state index in [0.29, 0.717) is 5.92 Å². The molecule has 0 aliphatic heterocycles. The number of hydrogen-bond acceptors (Lipinski definition) is 2. The van der Waals surface area contributed by atoms with Crippen molar-refractivity contribution in [1.82, 2.24) is 4.72 Å². The van der Waals surface area contributed by atoms with Gasteiger partial charge in [-0.3, -0.25) is 0 Å². The molecule has 1 aromatic carbocycles. The van der Waals surface area contributed by atoms with Crippen LogP contribution in [-0.2, 0) is 10.0 Å². The second-order valence-electron chi connectivity index (χ2n) is 4.47. The molecule has 17 heavy (non-hydrogen) atoms. The molecule has 0 saturated heterocycles. The lowest BCUT2D eigenvalue weighted by molar-refractivity contribution is 0.572. The number of nitrogens with one attached hydrogen (secondary N) is 1. The highest BCUT2D eigenvalue weighted by molar-refractivity contribution is 7.89. The molecule has 1 saturated carbocycles. The first-order chi connectivity index (χ1) is 8.03. The van der Waals surface area contributed by atoms with Gasteiger partial charge in [0.25, 0.3) is 0 Å². The summed E-state index contributed by atoms with van der Waals surface area (Å²) in [5.41, 5.74) is 0. The maximum atomic E-state index is 12.7. The largest absolute Gasteiger partial charge is 0.240 e. The number of hydrogen-bond donors (Lipinski definition) is 1. The monoisotopic (exact) mass is 257 g/mol. The van der Waals surface area contributed by atoms with Crippen molar-refractivity contribution in [2.24, 2.45) is 5.92 Å². The van der Waals surface area contributed by atoms with Crippen molar-refractivity contribution in [1.29, 1.82) is 0 Å².